The first-order chi connectivity index (χ1) is 15.4. The average Bonchev–Trinajstić information content (AvgIpc) is 3.46. The summed E-state index contributed by atoms with van der Waals surface area (Å²) in [6.45, 7) is 0.546. The molecule has 2 atom stereocenters. The monoisotopic (exact) mass is 457 g/mol. The van der Waals surface area contributed by atoms with E-state index in [0.717, 1.165) is 44.9 Å². The number of carbonyl (C=O) groups is 3. The number of carbonyl (C=O) groups excluding carboxylic acids is 3. The zero-order valence-electron chi connectivity index (χ0n) is 17.7. The fraction of sp³-hybridized carbons (Fsp3) is 0.478. The Kier molecular flexibility index (Phi) is 6.74. The van der Waals surface area contributed by atoms with Crippen LogP contribution in [-0.4, -0.2) is 45.4 Å². The number of hydrogen-bond donors (Lipinski definition) is 2. The molecule has 2 heterocycles. The van der Waals surface area contributed by atoms with Crippen LogP contribution in [0.2, 0.25) is 0 Å². The van der Waals surface area contributed by atoms with Gasteiger partial charge in [-0.2, -0.15) is 0 Å². The van der Waals surface area contributed by atoms with Crippen LogP contribution < -0.4 is 5.73 Å². The van der Waals surface area contributed by atoms with Gasteiger partial charge in [-0.05, 0) is 37.8 Å². The molecule has 1 aliphatic heterocycles. The number of nitrogens with two attached hydrogens (primary N) is 1. The number of likely N-dealkylation sites (tertiary alicyclic amines) is 1. The van der Waals surface area contributed by atoms with Gasteiger partial charge < -0.3 is 20.5 Å². The Labute approximate surface area is 190 Å². The molecule has 2 fully saturated rings. The molecule has 3 N–H and O–H groups in total. The predicted molar refractivity (Wildman–Crippen MR) is 118 cm³/mol. The third-order valence-electron chi connectivity index (χ3n) is 6.25. The molecule has 170 valence electrons. The number of thiazole rings is 1. The molecule has 32 heavy (non-hydrogen) atoms. The lowest BCUT2D eigenvalue weighted by Gasteiger charge is -2.33. The van der Waals surface area contributed by atoms with Crippen LogP contribution in [0.1, 0.15) is 72.0 Å². The lowest BCUT2D eigenvalue weighted by Crippen LogP contribution is -2.46. The molecule has 1 saturated heterocycles. The molecule has 1 aromatic carbocycles. The van der Waals surface area contributed by atoms with Gasteiger partial charge in [0.1, 0.15) is 16.5 Å². The average molecular weight is 458 g/mol. The lowest BCUT2D eigenvalue weighted by atomic mass is 9.84. The van der Waals surface area contributed by atoms with Crippen molar-refractivity contribution in [2.75, 3.05) is 6.54 Å². The Morgan fingerprint density at radius 3 is 2.66 bits per heavy atom. The summed E-state index contributed by atoms with van der Waals surface area (Å²) >= 11 is 1.34. The summed E-state index contributed by atoms with van der Waals surface area (Å²) in [4.78, 5) is 44.0. The largest absolute Gasteiger partial charge is 0.508 e. The number of aromatic hydroxyl groups is 1. The van der Waals surface area contributed by atoms with E-state index in [1.165, 1.54) is 23.5 Å². The Morgan fingerprint density at radius 2 is 1.94 bits per heavy atom. The molecule has 8 nitrogen and oxygen atoms in total. The number of primary amides is 1. The summed E-state index contributed by atoms with van der Waals surface area (Å²) in [5.41, 5.74) is 5.93. The molecular formula is C23H27N3O5S. The molecule has 9 heteroatoms. The van der Waals surface area contributed by atoms with Gasteiger partial charge in [0.15, 0.2) is 6.10 Å². The van der Waals surface area contributed by atoms with Crippen LogP contribution in [0.25, 0.3) is 0 Å². The van der Waals surface area contributed by atoms with Gasteiger partial charge in [-0.25, -0.2) is 9.78 Å². The third-order valence-corrected chi connectivity index (χ3v) is 7.19. The van der Waals surface area contributed by atoms with Crippen molar-refractivity contribution in [1.82, 2.24) is 9.88 Å². The van der Waals surface area contributed by atoms with E-state index in [1.54, 1.807) is 22.4 Å². The summed E-state index contributed by atoms with van der Waals surface area (Å²) in [7, 11) is 0. The molecule has 1 saturated carbocycles. The number of hydrogen-bond acceptors (Lipinski definition) is 7. The highest BCUT2D eigenvalue weighted by molar-refractivity contribution is 7.10. The Hall–Kier alpha value is -2.94. The maximum absolute atomic E-state index is 13.4. The van der Waals surface area contributed by atoms with Crippen LogP contribution in [-0.2, 0) is 9.53 Å². The summed E-state index contributed by atoms with van der Waals surface area (Å²) < 4.78 is 5.31. The second-order valence-corrected chi connectivity index (χ2v) is 9.29. The van der Waals surface area contributed by atoms with E-state index >= 15 is 0 Å². The minimum Gasteiger partial charge on any atom is -0.508 e. The summed E-state index contributed by atoms with van der Waals surface area (Å²) in [5, 5.41) is 12.0. The minimum atomic E-state index is -0.932. The van der Waals surface area contributed by atoms with Gasteiger partial charge in [0.05, 0.1) is 6.04 Å². The molecule has 2 aliphatic rings. The Morgan fingerprint density at radius 1 is 1.16 bits per heavy atom. The predicted octanol–water partition coefficient (Wildman–Crippen LogP) is 3.79. The van der Waals surface area contributed by atoms with Crippen LogP contribution in [0, 0.1) is 5.92 Å². The van der Waals surface area contributed by atoms with Crippen molar-refractivity contribution in [1.29, 1.82) is 0 Å². The number of ketones is 1. The van der Waals surface area contributed by atoms with Gasteiger partial charge in [-0.3, -0.25) is 9.59 Å². The molecule has 1 unspecified atom stereocenters. The van der Waals surface area contributed by atoms with E-state index in [4.69, 9.17) is 10.5 Å². The first-order valence-corrected chi connectivity index (χ1v) is 11.9. The molecule has 0 spiro atoms. The second-order valence-electron chi connectivity index (χ2n) is 8.40. The molecule has 4 rings (SSSR count). The number of ether oxygens (including phenoxy) is 1. The normalized spacial score (nSPS) is 20.1. The minimum absolute atomic E-state index is 0.0158. The van der Waals surface area contributed by atoms with Crippen molar-refractivity contribution in [2.45, 2.75) is 57.1 Å². The number of nitrogens with zero attached hydrogens (tertiary/aromatic N) is 2. The van der Waals surface area contributed by atoms with Crippen LogP contribution in [0.5, 0.6) is 5.75 Å². The number of aromatic nitrogens is 1. The van der Waals surface area contributed by atoms with Gasteiger partial charge in [-0.1, -0.05) is 31.4 Å². The number of phenolic OH excluding ortho intramolecular Hbond substituents is 1. The smallest absolute Gasteiger partial charge is 0.405 e. The van der Waals surface area contributed by atoms with E-state index in [1.807, 2.05) is 0 Å². The fourth-order valence-corrected chi connectivity index (χ4v) is 5.65. The highest BCUT2D eigenvalue weighted by Gasteiger charge is 2.40. The summed E-state index contributed by atoms with van der Waals surface area (Å²) in [6, 6.07) is 5.88. The Balaban J connectivity index is 1.53. The van der Waals surface area contributed by atoms with Gasteiger partial charge >= 0.3 is 6.09 Å². The topological polar surface area (TPSA) is 123 Å². The fourth-order valence-electron chi connectivity index (χ4n) is 4.70. The molecule has 0 bridgehead atoms. The number of benzene rings is 1. The standard InChI is InChI=1S/C23H27N3O5S/c24-23(30)31-20(14-6-2-1-3-7-14)22(29)26-11-5-10-18(26)21-25-17(13-32-21)19(28)15-8-4-9-16(27)12-15/h4,8-9,12-14,18,20,27H,1-3,5-7,10-11H2,(H2,24,30)/t18-,20?/m0/s1. The highest BCUT2D eigenvalue weighted by Crippen LogP contribution is 2.37. The van der Waals surface area contributed by atoms with Crippen molar-refractivity contribution in [3.63, 3.8) is 0 Å². The van der Waals surface area contributed by atoms with Crippen LogP contribution in [0.15, 0.2) is 29.6 Å². The van der Waals surface area contributed by atoms with Crippen molar-refractivity contribution < 1.29 is 24.2 Å². The van der Waals surface area contributed by atoms with E-state index in [0.29, 0.717) is 17.1 Å². The van der Waals surface area contributed by atoms with Crippen molar-refractivity contribution in [3.05, 3.63) is 45.9 Å². The van der Waals surface area contributed by atoms with Gasteiger partial charge in [-0.15, -0.1) is 11.3 Å². The molecule has 1 aliphatic carbocycles. The van der Waals surface area contributed by atoms with Crippen molar-refractivity contribution in [2.24, 2.45) is 11.7 Å². The lowest BCUT2D eigenvalue weighted by molar-refractivity contribution is -0.144. The molecule has 2 aromatic rings. The SMILES string of the molecule is NC(=O)OC(C(=O)N1CCC[C@H]1c1nc(C(=O)c2cccc(O)c2)cs1)C1CCCCC1. The van der Waals surface area contributed by atoms with Gasteiger partial charge in [0.2, 0.25) is 5.78 Å². The van der Waals surface area contributed by atoms with E-state index in [9.17, 15) is 19.5 Å². The molecule has 1 aromatic heterocycles. The zero-order valence-corrected chi connectivity index (χ0v) is 18.6. The maximum atomic E-state index is 13.4. The van der Waals surface area contributed by atoms with Gasteiger partial charge in [0, 0.05) is 23.4 Å². The van der Waals surface area contributed by atoms with Crippen LogP contribution in [0.4, 0.5) is 4.79 Å². The van der Waals surface area contributed by atoms with Crippen molar-refractivity contribution >= 4 is 29.1 Å². The number of rotatable bonds is 6. The number of phenols is 1. The van der Waals surface area contributed by atoms with Gasteiger partial charge in [0.25, 0.3) is 5.91 Å². The molecule has 0 radical (unpaired) electrons. The first kappa shape index (κ1) is 22.3. The second kappa shape index (κ2) is 9.68. The molecule has 2 amide bonds. The van der Waals surface area contributed by atoms with Crippen molar-refractivity contribution in [3.8, 4) is 5.75 Å². The zero-order chi connectivity index (χ0) is 22.7. The maximum Gasteiger partial charge on any atom is 0.405 e. The van der Waals surface area contributed by atoms with E-state index < -0.39 is 12.2 Å². The van der Waals surface area contributed by atoms with Crippen LogP contribution >= 0.6 is 11.3 Å². The highest BCUT2D eigenvalue weighted by atomic mass is 32.1. The summed E-state index contributed by atoms with van der Waals surface area (Å²) in [5.74, 6) is -0.517. The van der Waals surface area contributed by atoms with E-state index in [-0.39, 0.29) is 35.1 Å². The first-order valence-electron chi connectivity index (χ1n) is 11.0. The molecular weight excluding hydrogens is 430 g/mol. The summed E-state index contributed by atoms with van der Waals surface area (Å²) in [6.07, 6.45) is 4.53. The number of amides is 2. The Bertz CT molecular complexity index is 1000. The van der Waals surface area contributed by atoms with Crippen LogP contribution in [0.3, 0.4) is 0 Å². The third kappa shape index (κ3) is 4.77. The quantitative estimate of drug-likeness (QED) is 0.636. The van der Waals surface area contributed by atoms with E-state index in [2.05, 4.69) is 4.98 Å².